The number of para-hydroxylation sites is 1. The van der Waals surface area contributed by atoms with Crippen LogP contribution < -0.4 is 15.0 Å². The van der Waals surface area contributed by atoms with Crippen molar-refractivity contribution < 1.29 is 14.3 Å². The highest BCUT2D eigenvalue weighted by atomic mass is 35.5. The van der Waals surface area contributed by atoms with E-state index in [1.54, 1.807) is 29.2 Å². The molecule has 0 aromatic heterocycles. The average molecular weight is 373 g/mol. The smallest absolute Gasteiger partial charge is 0.265 e. The third-order valence-electron chi connectivity index (χ3n) is 4.29. The van der Waals surface area contributed by atoms with Crippen LogP contribution in [0.5, 0.6) is 5.75 Å². The van der Waals surface area contributed by atoms with E-state index in [2.05, 4.69) is 5.32 Å². The van der Waals surface area contributed by atoms with Gasteiger partial charge in [0.15, 0.2) is 6.10 Å². The minimum Gasteiger partial charge on any atom is -0.479 e. The van der Waals surface area contributed by atoms with Crippen molar-refractivity contribution in [2.45, 2.75) is 32.3 Å². The Labute approximate surface area is 157 Å². The summed E-state index contributed by atoms with van der Waals surface area (Å²) in [6, 6.07) is 14.3. The van der Waals surface area contributed by atoms with Crippen molar-refractivity contribution in [1.82, 2.24) is 0 Å². The molecule has 2 aromatic carbocycles. The van der Waals surface area contributed by atoms with Crippen LogP contribution in [0.3, 0.4) is 0 Å². The molecular formula is C20H21ClN2O3. The molecule has 0 spiro atoms. The molecular weight excluding hydrogens is 352 g/mol. The predicted octanol–water partition coefficient (Wildman–Crippen LogP) is 4.26. The topological polar surface area (TPSA) is 58.6 Å². The Morgan fingerprint density at radius 3 is 2.58 bits per heavy atom. The van der Waals surface area contributed by atoms with Crippen LogP contribution >= 0.6 is 11.6 Å². The molecule has 0 aliphatic carbocycles. The molecule has 26 heavy (non-hydrogen) atoms. The second kappa shape index (κ2) is 8.23. The molecule has 1 fully saturated rings. The van der Waals surface area contributed by atoms with Crippen LogP contribution in [0.15, 0.2) is 48.5 Å². The highest BCUT2D eigenvalue weighted by Crippen LogP contribution is 2.26. The Balaban J connectivity index is 1.64. The van der Waals surface area contributed by atoms with Crippen LogP contribution in [-0.4, -0.2) is 24.5 Å². The third-order valence-corrected chi connectivity index (χ3v) is 4.60. The molecule has 2 aromatic rings. The number of amides is 2. The lowest BCUT2D eigenvalue weighted by Crippen LogP contribution is -2.32. The number of hydrogen-bond donors (Lipinski definition) is 1. The van der Waals surface area contributed by atoms with Gasteiger partial charge in [0, 0.05) is 24.3 Å². The van der Waals surface area contributed by atoms with E-state index in [1.807, 2.05) is 31.2 Å². The van der Waals surface area contributed by atoms with Crippen molar-refractivity contribution in [3.05, 3.63) is 53.6 Å². The molecule has 6 heteroatoms. The fourth-order valence-corrected chi connectivity index (χ4v) is 3.06. The molecule has 0 saturated carbocycles. The summed E-state index contributed by atoms with van der Waals surface area (Å²) in [5, 5.41) is 3.32. The van der Waals surface area contributed by atoms with Gasteiger partial charge in [-0.2, -0.15) is 0 Å². The number of ether oxygens (including phenoxy) is 1. The first kappa shape index (κ1) is 18.3. The fraction of sp³-hybridized carbons (Fsp3) is 0.300. The first-order valence-corrected chi connectivity index (χ1v) is 9.08. The van der Waals surface area contributed by atoms with Gasteiger partial charge in [-0.25, -0.2) is 0 Å². The second-order valence-corrected chi connectivity index (χ2v) is 6.54. The maximum atomic E-state index is 12.5. The number of benzene rings is 2. The van der Waals surface area contributed by atoms with Gasteiger partial charge in [-0.15, -0.1) is 0 Å². The van der Waals surface area contributed by atoms with Gasteiger partial charge in [0.25, 0.3) is 5.91 Å². The summed E-state index contributed by atoms with van der Waals surface area (Å²) in [5.74, 6) is 0.387. The van der Waals surface area contributed by atoms with Crippen LogP contribution in [0, 0.1) is 0 Å². The number of nitrogens with one attached hydrogen (secondary N) is 1. The minimum absolute atomic E-state index is 0.140. The van der Waals surface area contributed by atoms with E-state index in [0.717, 1.165) is 18.7 Å². The summed E-state index contributed by atoms with van der Waals surface area (Å²) >= 11 is 6.09. The SMILES string of the molecule is CCC(Oc1ccccc1Cl)C(=O)Nc1ccc(N2CCCC2=O)cc1. The Bertz CT molecular complexity index is 792. The van der Waals surface area contributed by atoms with Crippen molar-refractivity contribution in [3.8, 4) is 5.75 Å². The number of halogens is 1. The van der Waals surface area contributed by atoms with Crippen molar-refractivity contribution >= 4 is 34.8 Å². The van der Waals surface area contributed by atoms with Crippen molar-refractivity contribution in [2.75, 3.05) is 16.8 Å². The molecule has 1 N–H and O–H groups in total. The van der Waals surface area contributed by atoms with Gasteiger partial charge >= 0.3 is 0 Å². The molecule has 0 bridgehead atoms. The first-order valence-electron chi connectivity index (χ1n) is 8.71. The monoisotopic (exact) mass is 372 g/mol. The zero-order valence-corrected chi connectivity index (χ0v) is 15.3. The maximum Gasteiger partial charge on any atom is 0.265 e. The molecule has 136 valence electrons. The third kappa shape index (κ3) is 4.17. The first-order chi connectivity index (χ1) is 12.6. The summed E-state index contributed by atoms with van der Waals surface area (Å²) < 4.78 is 5.75. The highest BCUT2D eigenvalue weighted by molar-refractivity contribution is 6.32. The molecule has 1 atom stereocenters. The fourth-order valence-electron chi connectivity index (χ4n) is 2.88. The van der Waals surface area contributed by atoms with E-state index in [0.29, 0.717) is 29.3 Å². The molecule has 1 unspecified atom stereocenters. The normalized spacial score (nSPS) is 15.0. The minimum atomic E-state index is -0.644. The molecule has 1 saturated heterocycles. The maximum absolute atomic E-state index is 12.5. The molecule has 0 radical (unpaired) electrons. The van der Waals surface area contributed by atoms with Gasteiger partial charge in [-0.3, -0.25) is 9.59 Å². The van der Waals surface area contributed by atoms with Crippen LogP contribution in [0.2, 0.25) is 5.02 Å². The second-order valence-electron chi connectivity index (χ2n) is 6.13. The molecule has 1 heterocycles. The van der Waals surface area contributed by atoms with Crippen LogP contribution in [0.4, 0.5) is 11.4 Å². The molecule has 3 rings (SSSR count). The molecule has 5 nitrogen and oxygen atoms in total. The van der Waals surface area contributed by atoms with E-state index in [4.69, 9.17) is 16.3 Å². The largest absolute Gasteiger partial charge is 0.479 e. The summed E-state index contributed by atoms with van der Waals surface area (Å²) in [4.78, 5) is 26.1. The Morgan fingerprint density at radius 2 is 1.96 bits per heavy atom. The highest BCUT2D eigenvalue weighted by Gasteiger charge is 2.22. The summed E-state index contributed by atoms with van der Waals surface area (Å²) in [6.45, 7) is 2.62. The lowest BCUT2D eigenvalue weighted by atomic mass is 10.2. The lowest BCUT2D eigenvalue weighted by Gasteiger charge is -2.19. The standard InChI is InChI=1S/C20H21ClN2O3/c1-2-17(26-18-7-4-3-6-16(18)21)20(25)22-14-9-11-15(12-10-14)23-13-5-8-19(23)24/h3-4,6-7,9-12,17H,2,5,8,13H2,1H3,(H,22,25). The number of hydrogen-bond acceptors (Lipinski definition) is 3. The summed E-state index contributed by atoms with van der Waals surface area (Å²) in [6.07, 6.45) is 1.34. The number of carbonyl (C=O) groups is 2. The van der Waals surface area contributed by atoms with Crippen LogP contribution in [0.1, 0.15) is 26.2 Å². The summed E-state index contributed by atoms with van der Waals surface area (Å²) in [5.41, 5.74) is 1.51. The molecule has 1 aliphatic rings. The van der Waals surface area contributed by atoms with Crippen molar-refractivity contribution in [2.24, 2.45) is 0 Å². The number of carbonyl (C=O) groups excluding carboxylic acids is 2. The number of anilines is 2. The van der Waals surface area contributed by atoms with E-state index in [1.165, 1.54) is 0 Å². The van der Waals surface area contributed by atoms with Crippen molar-refractivity contribution in [1.29, 1.82) is 0 Å². The Morgan fingerprint density at radius 1 is 1.23 bits per heavy atom. The van der Waals surface area contributed by atoms with Gasteiger partial charge in [0.1, 0.15) is 5.75 Å². The summed E-state index contributed by atoms with van der Waals surface area (Å²) in [7, 11) is 0. The van der Waals surface area contributed by atoms with E-state index >= 15 is 0 Å². The Hall–Kier alpha value is -2.53. The van der Waals surface area contributed by atoms with Crippen LogP contribution in [-0.2, 0) is 9.59 Å². The zero-order chi connectivity index (χ0) is 18.5. The van der Waals surface area contributed by atoms with Gasteiger partial charge < -0.3 is 15.0 Å². The average Bonchev–Trinajstić information content (AvgIpc) is 3.07. The van der Waals surface area contributed by atoms with E-state index < -0.39 is 6.10 Å². The quantitative estimate of drug-likeness (QED) is 0.824. The van der Waals surface area contributed by atoms with E-state index in [-0.39, 0.29) is 11.8 Å². The lowest BCUT2D eigenvalue weighted by molar-refractivity contribution is -0.122. The molecule has 2 amide bonds. The predicted molar refractivity (Wildman–Crippen MR) is 103 cm³/mol. The van der Waals surface area contributed by atoms with E-state index in [9.17, 15) is 9.59 Å². The van der Waals surface area contributed by atoms with Gasteiger partial charge in [-0.1, -0.05) is 30.7 Å². The number of nitrogens with zero attached hydrogens (tertiary/aromatic N) is 1. The van der Waals surface area contributed by atoms with Gasteiger partial charge in [-0.05, 0) is 49.2 Å². The zero-order valence-electron chi connectivity index (χ0n) is 14.6. The van der Waals surface area contributed by atoms with Gasteiger partial charge in [0.05, 0.1) is 5.02 Å². The van der Waals surface area contributed by atoms with Crippen LogP contribution in [0.25, 0.3) is 0 Å². The molecule has 1 aliphatic heterocycles. The van der Waals surface area contributed by atoms with Gasteiger partial charge in [0.2, 0.25) is 5.91 Å². The van der Waals surface area contributed by atoms with Crippen molar-refractivity contribution in [3.63, 3.8) is 0 Å². The number of rotatable bonds is 6. The Kier molecular flexibility index (Phi) is 5.78.